The molecule has 0 aromatic carbocycles. The Morgan fingerprint density at radius 3 is 2.75 bits per heavy atom. The van der Waals surface area contributed by atoms with E-state index in [9.17, 15) is 0 Å². The lowest BCUT2D eigenvalue weighted by Gasteiger charge is -2.23. The van der Waals surface area contributed by atoms with Gasteiger partial charge in [-0.2, -0.15) is 0 Å². The Hall–Kier alpha value is -1.13. The zero-order valence-electron chi connectivity index (χ0n) is 12.8. The first kappa shape index (κ1) is 15.3. The maximum absolute atomic E-state index is 6.03. The molecule has 0 aliphatic carbocycles. The highest BCUT2D eigenvalue weighted by atomic mass is 16.5. The second kappa shape index (κ2) is 7.60. The average Bonchev–Trinajstić information content (AvgIpc) is 2.46. The molecule has 0 unspecified atom stereocenters. The minimum Gasteiger partial charge on any atom is -0.474 e. The fraction of sp³-hybridized carbons (Fsp3) is 0.688. The summed E-state index contributed by atoms with van der Waals surface area (Å²) in [5, 5.41) is 3.44. The number of pyridine rings is 1. The first-order valence-electron chi connectivity index (χ1n) is 7.65. The molecule has 112 valence electrons. The van der Waals surface area contributed by atoms with Gasteiger partial charge < -0.3 is 14.8 Å². The Balaban J connectivity index is 2.04. The van der Waals surface area contributed by atoms with Crippen LogP contribution in [0.1, 0.15) is 44.9 Å². The summed E-state index contributed by atoms with van der Waals surface area (Å²) in [6, 6.07) is 4.70. The number of ether oxygens (including phenoxy) is 2. The minimum absolute atomic E-state index is 0.245. The molecule has 0 saturated carbocycles. The lowest BCUT2D eigenvalue weighted by Crippen LogP contribution is -2.26. The Kier molecular flexibility index (Phi) is 5.80. The van der Waals surface area contributed by atoms with E-state index in [-0.39, 0.29) is 6.10 Å². The normalized spacial score (nSPS) is 16.6. The van der Waals surface area contributed by atoms with Gasteiger partial charge in [-0.05, 0) is 18.1 Å². The molecule has 1 saturated heterocycles. The molecule has 4 heteroatoms. The van der Waals surface area contributed by atoms with Crippen molar-refractivity contribution < 1.29 is 9.47 Å². The van der Waals surface area contributed by atoms with Gasteiger partial charge >= 0.3 is 0 Å². The van der Waals surface area contributed by atoms with Crippen LogP contribution in [-0.4, -0.2) is 30.3 Å². The number of aryl methyl sites for hydroxylation is 1. The molecule has 0 bridgehead atoms. The van der Waals surface area contributed by atoms with Crippen molar-refractivity contribution in [3.05, 3.63) is 23.4 Å². The van der Waals surface area contributed by atoms with Crippen LogP contribution in [0.2, 0.25) is 0 Å². The largest absolute Gasteiger partial charge is 0.474 e. The summed E-state index contributed by atoms with van der Waals surface area (Å²) in [7, 11) is 0. The van der Waals surface area contributed by atoms with E-state index < -0.39 is 0 Å². The number of nitrogens with one attached hydrogen (secondary N) is 1. The Labute approximate surface area is 121 Å². The van der Waals surface area contributed by atoms with Crippen molar-refractivity contribution in [1.82, 2.24) is 10.3 Å². The fourth-order valence-corrected chi connectivity index (χ4v) is 2.25. The molecule has 20 heavy (non-hydrogen) atoms. The quantitative estimate of drug-likeness (QED) is 0.869. The van der Waals surface area contributed by atoms with E-state index in [1.807, 2.05) is 0 Å². The predicted molar refractivity (Wildman–Crippen MR) is 80.1 cm³/mol. The van der Waals surface area contributed by atoms with Gasteiger partial charge in [-0.3, -0.25) is 0 Å². The summed E-state index contributed by atoms with van der Waals surface area (Å²) in [6.07, 6.45) is 3.09. The lowest BCUT2D eigenvalue weighted by molar-refractivity contribution is 0.0236. The van der Waals surface area contributed by atoms with Crippen molar-refractivity contribution in [2.45, 2.75) is 58.7 Å². The molecule has 1 aromatic heterocycles. The fourth-order valence-electron chi connectivity index (χ4n) is 2.25. The van der Waals surface area contributed by atoms with Gasteiger partial charge in [0, 0.05) is 37.2 Å². The topological polar surface area (TPSA) is 43.4 Å². The summed E-state index contributed by atoms with van der Waals surface area (Å²) in [5.41, 5.74) is 2.34. The number of aromatic nitrogens is 1. The molecule has 2 rings (SSSR count). The molecule has 2 heterocycles. The molecule has 1 N–H and O–H groups in total. The van der Waals surface area contributed by atoms with E-state index >= 15 is 0 Å². The average molecular weight is 278 g/mol. The van der Waals surface area contributed by atoms with E-state index in [0.29, 0.717) is 6.04 Å². The van der Waals surface area contributed by atoms with Crippen molar-refractivity contribution in [1.29, 1.82) is 0 Å². The summed E-state index contributed by atoms with van der Waals surface area (Å²) < 4.78 is 11.4. The molecule has 0 spiro atoms. The van der Waals surface area contributed by atoms with Crippen LogP contribution in [-0.2, 0) is 17.7 Å². The SMILES string of the molecule is CCc1cc(CNC(C)C)cc(OC2CCOCC2)n1. The van der Waals surface area contributed by atoms with E-state index in [1.54, 1.807) is 0 Å². The van der Waals surface area contributed by atoms with E-state index in [4.69, 9.17) is 9.47 Å². The second-order valence-corrected chi connectivity index (χ2v) is 5.62. The molecular formula is C16H26N2O2. The van der Waals surface area contributed by atoms with Crippen LogP contribution in [0.5, 0.6) is 5.88 Å². The van der Waals surface area contributed by atoms with Crippen molar-refractivity contribution >= 4 is 0 Å². The third-order valence-electron chi connectivity index (χ3n) is 3.45. The highest BCUT2D eigenvalue weighted by molar-refractivity contribution is 5.25. The van der Waals surface area contributed by atoms with Gasteiger partial charge in [-0.15, -0.1) is 0 Å². The molecule has 0 radical (unpaired) electrons. The highest BCUT2D eigenvalue weighted by Crippen LogP contribution is 2.19. The van der Waals surface area contributed by atoms with Crippen LogP contribution in [0.3, 0.4) is 0 Å². The first-order chi connectivity index (χ1) is 9.67. The van der Waals surface area contributed by atoms with Crippen LogP contribution in [0, 0.1) is 0 Å². The van der Waals surface area contributed by atoms with Gasteiger partial charge in [0.2, 0.25) is 5.88 Å². The van der Waals surface area contributed by atoms with Crippen LogP contribution in [0.15, 0.2) is 12.1 Å². The van der Waals surface area contributed by atoms with Crippen molar-refractivity contribution in [2.24, 2.45) is 0 Å². The monoisotopic (exact) mass is 278 g/mol. The maximum atomic E-state index is 6.03. The first-order valence-corrected chi connectivity index (χ1v) is 7.65. The van der Waals surface area contributed by atoms with Crippen LogP contribution < -0.4 is 10.1 Å². The van der Waals surface area contributed by atoms with E-state index in [1.165, 1.54) is 5.56 Å². The molecule has 1 aliphatic heterocycles. The van der Waals surface area contributed by atoms with Crippen molar-refractivity contribution in [3.63, 3.8) is 0 Å². The van der Waals surface area contributed by atoms with Gasteiger partial charge in [0.1, 0.15) is 6.10 Å². The standard InChI is InChI=1S/C16H26N2O2/c1-4-14-9-13(11-17-12(2)3)10-16(18-14)20-15-5-7-19-8-6-15/h9-10,12,15,17H,4-8,11H2,1-3H3. The molecule has 1 fully saturated rings. The van der Waals surface area contributed by atoms with Gasteiger partial charge in [-0.1, -0.05) is 20.8 Å². The van der Waals surface area contributed by atoms with E-state index in [2.05, 4.69) is 43.2 Å². The van der Waals surface area contributed by atoms with Crippen molar-refractivity contribution in [3.8, 4) is 5.88 Å². The third kappa shape index (κ3) is 4.76. The van der Waals surface area contributed by atoms with Crippen LogP contribution >= 0.6 is 0 Å². The molecule has 0 atom stereocenters. The zero-order chi connectivity index (χ0) is 14.4. The highest BCUT2D eigenvalue weighted by Gasteiger charge is 2.16. The molecular weight excluding hydrogens is 252 g/mol. The maximum Gasteiger partial charge on any atom is 0.214 e. The van der Waals surface area contributed by atoms with Gasteiger partial charge in [0.05, 0.1) is 13.2 Å². The molecule has 4 nitrogen and oxygen atoms in total. The van der Waals surface area contributed by atoms with Crippen LogP contribution in [0.4, 0.5) is 0 Å². The lowest BCUT2D eigenvalue weighted by atomic mass is 10.1. The van der Waals surface area contributed by atoms with Crippen molar-refractivity contribution in [2.75, 3.05) is 13.2 Å². The number of rotatable bonds is 6. The Bertz CT molecular complexity index is 415. The minimum atomic E-state index is 0.245. The Morgan fingerprint density at radius 1 is 1.35 bits per heavy atom. The molecule has 1 aliphatic rings. The summed E-state index contributed by atoms with van der Waals surface area (Å²) in [4.78, 5) is 4.58. The van der Waals surface area contributed by atoms with Crippen LogP contribution in [0.25, 0.3) is 0 Å². The Morgan fingerprint density at radius 2 is 2.10 bits per heavy atom. The summed E-state index contributed by atoms with van der Waals surface area (Å²) in [5.74, 6) is 0.761. The number of hydrogen-bond acceptors (Lipinski definition) is 4. The number of nitrogens with zero attached hydrogens (tertiary/aromatic N) is 1. The summed E-state index contributed by atoms with van der Waals surface area (Å²) in [6.45, 7) is 8.88. The number of hydrogen-bond donors (Lipinski definition) is 1. The second-order valence-electron chi connectivity index (χ2n) is 5.62. The third-order valence-corrected chi connectivity index (χ3v) is 3.45. The van der Waals surface area contributed by atoms with E-state index in [0.717, 1.165) is 50.6 Å². The smallest absolute Gasteiger partial charge is 0.214 e. The molecule has 0 amide bonds. The summed E-state index contributed by atoms with van der Waals surface area (Å²) >= 11 is 0. The zero-order valence-corrected chi connectivity index (χ0v) is 12.8. The van der Waals surface area contributed by atoms with Gasteiger partial charge in [0.15, 0.2) is 0 Å². The van der Waals surface area contributed by atoms with Gasteiger partial charge in [0.25, 0.3) is 0 Å². The predicted octanol–water partition coefficient (Wildman–Crippen LogP) is 2.70. The van der Waals surface area contributed by atoms with Gasteiger partial charge in [-0.25, -0.2) is 4.98 Å². The molecule has 1 aromatic rings.